The van der Waals surface area contributed by atoms with Gasteiger partial charge in [-0.1, -0.05) is 20.8 Å². The molecule has 2 N–H and O–H groups in total. The molecule has 2 aromatic heterocycles. The van der Waals surface area contributed by atoms with Crippen molar-refractivity contribution in [1.29, 1.82) is 0 Å². The molecular formula is C12H16N6. The maximum Gasteiger partial charge on any atom is 0.273 e. The molecule has 0 aliphatic heterocycles. The van der Waals surface area contributed by atoms with E-state index in [1.807, 2.05) is 0 Å². The Labute approximate surface area is 105 Å². The maximum atomic E-state index is 5.76. The summed E-state index contributed by atoms with van der Waals surface area (Å²) in [6, 6.07) is 0. The summed E-state index contributed by atoms with van der Waals surface area (Å²) in [6.07, 6.45) is 2.35. The highest BCUT2D eigenvalue weighted by molar-refractivity contribution is 5.45. The topological polar surface area (TPSA) is 82.0 Å². The zero-order valence-electron chi connectivity index (χ0n) is 10.8. The molecule has 2 atom stereocenters. The molecule has 0 saturated heterocycles. The van der Waals surface area contributed by atoms with Gasteiger partial charge in [0, 0.05) is 11.3 Å². The third-order valence-corrected chi connectivity index (χ3v) is 5.39. The molecule has 1 saturated carbocycles. The van der Waals surface area contributed by atoms with Gasteiger partial charge in [-0.05, 0) is 18.3 Å². The first-order valence-electron chi connectivity index (χ1n) is 6.34. The normalized spacial score (nSPS) is 32.1. The Morgan fingerprint density at radius 1 is 1.28 bits per heavy atom. The molecule has 0 aromatic carbocycles. The van der Waals surface area contributed by atoms with Gasteiger partial charge < -0.3 is 5.73 Å². The van der Waals surface area contributed by atoms with E-state index in [1.165, 1.54) is 12.8 Å². The second-order valence-corrected chi connectivity index (χ2v) is 6.26. The summed E-state index contributed by atoms with van der Waals surface area (Å²) >= 11 is 0. The van der Waals surface area contributed by atoms with Crippen LogP contribution in [0.25, 0.3) is 5.78 Å². The average molecular weight is 244 g/mol. The number of anilines is 1. The van der Waals surface area contributed by atoms with Crippen LogP contribution in [0.4, 0.5) is 5.95 Å². The summed E-state index contributed by atoms with van der Waals surface area (Å²) in [7, 11) is 0. The molecule has 6 nitrogen and oxygen atoms in total. The average Bonchev–Trinajstić information content (AvgIpc) is 2.84. The summed E-state index contributed by atoms with van der Waals surface area (Å²) in [6.45, 7) is 6.93. The van der Waals surface area contributed by atoms with Gasteiger partial charge in [0.2, 0.25) is 5.95 Å². The number of hydrogen-bond donors (Lipinski definition) is 1. The largest absolute Gasteiger partial charge is 0.366 e. The Bertz CT molecular complexity index is 673. The van der Waals surface area contributed by atoms with Crippen molar-refractivity contribution < 1.29 is 0 Å². The van der Waals surface area contributed by atoms with Crippen molar-refractivity contribution >= 4 is 11.7 Å². The van der Waals surface area contributed by atoms with Crippen LogP contribution in [0.2, 0.25) is 0 Å². The number of fused-ring (bicyclic) bond motifs is 6. The third kappa shape index (κ3) is 0.855. The Hall–Kier alpha value is -1.72. The lowest BCUT2D eigenvalue weighted by Crippen LogP contribution is -2.32. The van der Waals surface area contributed by atoms with Gasteiger partial charge in [-0.2, -0.15) is 9.61 Å². The molecule has 6 heteroatoms. The zero-order valence-corrected chi connectivity index (χ0v) is 10.8. The van der Waals surface area contributed by atoms with Crippen LogP contribution in [0.3, 0.4) is 0 Å². The van der Waals surface area contributed by atoms with Gasteiger partial charge in [0.05, 0.1) is 11.4 Å². The van der Waals surface area contributed by atoms with Gasteiger partial charge in [0.15, 0.2) is 0 Å². The SMILES string of the molecule is CC1(C)[C@@H]2CC[C@@]1(C)c1nc3nnc(N)n3nc12. The summed E-state index contributed by atoms with van der Waals surface area (Å²) in [4.78, 5) is 4.67. The van der Waals surface area contributed by atoms with Gasteiger partial charge in [0.25, 0.3) is 5.78 Å². The minimum Gasteiger partial charge on any atom is -0.366 e. The molecule has 2 aliphatic rings. The fourth-order valence-electron chi connectivity index (χ4n) is 3.80. The molecule has 2 aromatic rings. The predicted molar refractivity (Wildman–Crippen MR) is 66.1 cm³/mol. The summed E-state index contributed by atoms with van der Waals surface area (Å²) in [5, 5.41) is 12.4. The van der Waals surface area contributed by atoms with Crippen LogP contribution in [0.1, 0.15) is 50.9 Å². The van der Waals surface area contributed by atoms with Crippen molar-refractivity contribution in [3.8, 4) is 0 Å². The second kappa shape index (κ2) is 2.65. The van der Waals surface area contributed by atoms with E-state index < -0.39 is 0 Å². The lowest BCUT2D eigenvalue weighted by atomic mass is 9.70. The van der Waals surface area contributed by atoms with Crippen LogP contribution in [0.5, 0.6) is 0 Å². The van der Waals surface area contributed by atoms with Crippen molar-refractivity contribution in [2.45, 2.75) is 44.9 Å². The maximum absolute atomic E-state index is 5.76. The van der Waals surface area contributed by atoms with Gasteiger partial charge in [0.1, 0.15) is 0 Å². The van der Waals surface area contributed by atoms with Gasteiger partial charge in [-0.3, -0.25) is 0 Å². The highest BCUT2D eigenvalue weighted by Gasteiger charge is 2.61. The number of aromatic nitrogens is 5. The number of hydrogen-bond acceptors (Lipinski definition) is 5. The first kappa shape index (κ1) is 10.2. The second-order valence-electron chi connectivity index (χ2n) is 6.26. The molecule has 94 valence electrons. The van der Waals surface area contributed by atoms with Crippen molar-refractivity contribution in [2.24, 2.45) is 5.41 Å². The molecule has 2 bridgehead atoms. The Balaban J connectivity index is 2.09. The van der Waals surface area contributed by atoms with E-state index in [0.29, 0.717) is 17.6 Å². The lowest BCUT2D eigenvalue weighted by Gasteiger charge is -2.33. The standard InChI is InChI=1S/C12H16N6/c1-11(2)6-4-5-12(11,3)8-7(6)17-18-9(13)15-16-10(18)14-8/h6H,4-5H2,1-3H3,(H2,13,15)/t6-,12+/m1/s1. The Morgan fingerprint density at radius 2 is 2.06 bits per heavy atom. The summed E-state index contributed by atoms with van der Waals surface area (Å²) in [5.41, 5.74) is 8.25. The van der Waals surface area contributed by atoms with Gasteiger partial charge in [-0.15, -0.1) is 10.2 Å². The van der Waals surface area contributed by atoms with Crippen LogP contribution < -0.4 is 5.73 Å². The van der Waals surface area contributed by atoms with Crippen molar-refractivity contribution in [2.75, 3.05) is 5.73 Å². The first-order valence-corrected chi connectivity index (χ1v) is 6.34. The quantitative estimate of drug-likeness (QED) is 0.754. The van der Waals surface area contributed by atoms with Crippen LogP contribution >= 0.6 is 0 Å². The van der Waals surface area contributed by atoms with Crippen LogP contribution in [-0.4, -0.2) is 24.8 Å². The molecule has 0 unspecified atom stereocenters. The van der Waals surface area contributed by atoms with Crippen LogP contribution in [0, 0.1) is 5.41 Å². The molecule has 2 aliphatic carbocycles. The van der Waals surface area contributed by atoms with E-state index >= 15 is 0 Å². The monoisotopic (exact) mass is 244 g/mol. The minimum atomic E-state index is 0.0997. The molecular weight excluding hydrogens is 228 g/mol. The lowest BCUT2D eigenvalue weighted by molar-refractivity contribution is 0.227. The molecule has 0 spiro atoms. The minimum absolute atomic E-state index is 0.0997. The molecule has 1 fully saturated rings. The van der Waals surface area contributed by atoms with E-state index in [9.17, 15) is 0 Å². The van der Waals surface area contributed by atoms with Crippen LogP contribution in [-0.2, 0) is 5.41 Å². The molecule has 18 heavy (non-hydrogen) atoms. The molecule has 0 amide bonds. The van der Waals surface area contributed by atoms with Gasteiger partial charge >= 0.3 is 0 Å². The van der Waals surface area contributed by atoms with E-state index in [2.05, 4.69) is 41.1 Å². The fourth-order valence-corrected chi connectivity index (χ4v) is 3.80. The first-order chi connectivity index (χ1) is 8.45. The fraction of sp³-hybridized carbons (Fsp3) is 0.667. The summed E-state index contributed by atoms with van der Waals surface area (Å²) < 4.78 is 1.55. The highest BCUT2D eigenvalue weighted by atomic mass is 15.4. The smallest absolute Gasteiger partial charge is 0.273 e. The molecule has 2 heterocycles. The summed E-state index contributed by atoms with van der Waals surface area (Å²) in [5.74, 6) is 1.29. The third-order valence-electron chi connectivity index (χ3n) is 5.39. The van der Waals surface area contributed by atoms with Gasteiger partial charge in [-0.25, -0.2) is 4.98 Å². The number of rotatable bonds is 0. The van der Waals surface area contributed by atoms with Crippen molar-refractivity contribution in [1.82, 2.24) is 24.8 Å². The van der Waals surface area contributed by atoms with E-state index in [4.69, 9.17) is 5.73 Å². The predicted octanol–water partition coefficient (Wildman–Crippen LogP) is 1.28. The van der Waals surface area contributed by atoms with E-state index in [0.717, 1.165) is 11.4 Å². The van der Waals surface area contributed by atoms with E-state index in [1.54, 1.807) is 4.52 Å². The van der Waals surface area contributed by atoms with Crippen molar-refractivity contribution in [3.05, 3.63) is 11.4 Å². The van der Waals surface area contributed by atoms with Crippen molar-refractivity contribution in [3.63, 3.8) is 0 Å². The number of nitrogens with zero attached hydrogens (tertiary/aromatic N) is 5. The Kier molecular flexibility index (Phi) is 1.51. The van der Waals surface area contributed by atoms with E-state index in [-0.39, 0.29) is 10.8 Å². The number of nitrogens with two attached hydrogens (primary N) is 1. The Morgan fingerprint density at radius 3 is 2.83 bits per heavy atom. The number of nitrogen functional groups attached to an aromatic ring is 1. The zero-order chi connectivity index (χ0) is 12.7. The molecule has 0 radical (unpaired) electrons. The van der Waals surface area contributed by atoms with Crippen LogP contribution in [0.15, 0.2) is 0 Å². The highest BCUT2D eigenvalue weighted by Crippen LogP contribution is 2.66. The molecule has 4 rings (SSSR count).